The fraction of sp³-hybridized carbons (Fsp3) is 0.214. The van der Waals surface area contributed by atoms with Gasteiger partial charge in [-0.1, -0.05) is 18.2 Å². The number of aromatic hydroxyl groups is 1. The Morgan fingerprint density at radius 2 is 1.76 bits per heavy atom. The molecule has 0 aliphatic heterocycles. The van der Waals surface area contributed by atoms with Crippen molar-refractivity contribution in [2.75, 3.05) is 5.43 Å². The quantitative estimate of drug-likeness (QED) is 0.640. The number of hydrogen-bond acceptors (Lipinski definition) is 5. The minimum Gasteiger partial charge on any atom is -0.494 e. The average Bonchev–Trinajstić information content (AvgIpc) is 2.50. The first-order valence-electron chi connectivity index (χ1n) is 6.28. The molecule has 0 saturated heterocycles. The van der Waals surface area contributed by atoms with Gasteiger partial charge in [0.05, 0.1) is 11.4 Å². The zero-order chi connectivity index (χ0) is 15.6. The first-order chi connectivity index (χ1) is 9.93. The van der Waals surface area contributed by atoms with Crippen molar-refractivity contribution < 1.29 is 5.11 Å². The number of benzene rings is 1. The zero-order valence-corrected chi connectivity index (χ0v) is 12.0. The van der Waals surface area contributed by atoms with Gasteiger partial charge < -0.3 is 5.11 Å². The molecule has 7 nitrogen and oxygen atoms in total. The highest BCUT2D eigenvalue weighted by Crippen LogP contribution is 2.11. The molecule has 1 aromatic heterocycles. The summed E-state index contributed by atoms with van der Waals surface area (Å²) in [6, 6.07) is 9.19. The summed E-state index contributed by atoms with van der Waals surface area (Å²) < 4.78 is 1.93. The van der Waals surface area contributed by atoms with Crippen LogP contribution in [0.4, 0.5) is 5.69 Å². The van der Waals surface area contributed by atoms with Crippen molar-refractivity contribution in [1.29, 1.82) is 0 Å². The van der Waals surface area contributed by atoms with E-state index in [0.29, 0.717) is 0 Å². The Morgan fingerprint density at radius 3 is 2.38 bits per heavy atom. The van der Waals surface area contributed by atoms with Crippen LogP contribution in [-0.4, -0.2) is 20.0 Å². The first kappa shape index (κ1) is 14.6. The van der Waals surface area contributed by atoms with E-state index in [-0.39, 0.29) is 11.3 Å². The Hall–Kier alpha value is -2.83. The van der Waals surface area contributed by atoms with E-state index >= 15 is 0 Å². The van der Waals surface area contributed by atoms with Crippen LogP contribution in [0, 0.1) is 0 Å². The highest BCUT2D eigenvalue weighted by Gasteiger charge is 2.17. The van der Waals surface area contributed by atoms with Crippen LogP contribution in [0.3, 0.4) is 0 Å². The van der Waals surface area contributed by atoms with Crippen LogP contribution in [0.5, 0.6) is 5.88 Å². The van der Waals surface area contributed by atoms with Gasteiger partial charge in [-0.2, -0.15) is 5.10 Å². The second-order valence-electron chi connectivity index (χ2n) is 4.58. The molecule has 0 atom stereocenters. The van der Waals surface area contributed by atoms with Crippen molar-refractivity contribution in [2.45, 2.75) is 6.92 Å². The third kappa shape index (κ3) is 2.71. The van der Waals surface area contributed by atoms with Crippen LogP contribution in [-0.2, 0) is 14.1 Å². The second kappa shape index (κ2) is 5.66. The number of rotatable bonds is 3. The molecule has 0 fully saturated rings. The molecule has 0 radical (unpaired) electrons. The van der Waals surface area contributed by atoms with Crippen LogP contribution in [0.1, 0.15) is 12.5 Å². The zero-order valence-electron chi connectivity index (χ0n) is 12.0. The smallest absolute Gasteiger partial charge is 0.333 e. The van der Waals surface area contributed by atoms with E-state index in [0.717, 1.165) is 14.8 Å². The lowest BCUT2D eigenvalue weighted by Crippen LogP contribution is -2.39. The van der Waals surface area contributed by atoms with Crippen LogP contribution < -0.4 is 16.7 Å². The van der Waals surface area contributed by atoms with Gasteiger partial charge in [-0.25, -0.2) is 4.79 Å². The van der Waals surface area contributed by atoms with Crippen LogP contribution in [0.25, 0.3) is 0 Å². The number of nitrogens with zero attached hydrogens (tertiary/aromatic N) is 3. The fourth-order valence-corrected chi connectivity index (χ4v) is 1.87. The normalized spacial score (nSPS) is 11.5. The molecule has 0 bridgehead atoms. The monoisotopic (exact) mass is 288 g/mol. The molecule has 0 aliphatic rings. The van der Waals surface area contributed by atoms with Crippen molar-refractivity contribution in [3.63, 3.8) is 0 Å². The van der Waals surface area contributed by atoms with Gasteiger partial charge in [-0.15, -0.1) is 0 Å². The van der Waals surface area contributed by atoms with Gasteiger partial charge in [0.1, 0.15) is 5.56 Å². The highest BCUT2D eigenvalue weighted by atomic mass is 16.3. The van der Waals surface area contributed by atoms with Crippen molar-refractivity contribution in [2.24, 2.45) is 19.2 Å². The van der Waals surface area contributed by atoms with Gasteiger partial charge in [0.15, 0.2) is 0 Å². The Morgan fingerprint density at radius 1 is 1.14 bits per heavy atom. The summed E-state index contributed by atoms with van der Waals surface area (Å²) in [6.07, 6.45) is 0. The molecule has 7 heteroatoms. The van der Waals surface area contributed by atoms with Crippen LogP contribution >= 0.6 is 0 Å². The number of nitrogens with one attached hydrogen (secondary N) is 1. The second-order valence-corrected chi connectivity index (χ2v) is 4.58. The van der Waals surface area contributed by atoms with Gasteiger partial charge in [0.2, 0.25) is 5.88 Å². The molecular weight excluding hydrogens is 272 g/mol. The minimum atomic E-state index is -0.593. The molecule has 110 valence electrons. The lowest BCUT2D eigenvalue weighted by Gasteiger charge is -2.10. The van der Waals surface area contributed by atoms with E-state index in [2.05, 4.69) is 10.5 Å². The lowest BCUT2D eigenvalue weighted by molar-refractivity contribution is 0.410. The molecule has 2 rings (SSSR count). The molecule has 2 N–H and O–H groups in total. The van der Waals surface area contributed by atoms with Crippen molar-refractivity contribution >= 4 is 11.4 Å². The Bertz CT molecular complexity index is 803. The molecule has 1 aromatic carbocycles. The highest BCUT2D eigenvalue weighted by molar-refractivity contribution is 6.00. The molecule has 0 unspecified atom stereocenters. The summed E-state index contributed by atoms with van der Waals surface area (Å²) in [6.45, 7) is 1.58. The summed E-state index contributed by atoms with van der Waals surface area (Å²) in [5, 5.41) is 14.1. The molecule has 0 aliphatic carbocycles. The molecule has 21 heavy (non-hydrogen) atoms. The minimum absolute atomic E-state index is 0.0111. The maximum atomic E-state index is 12.1. The van der Waals surface area contributed by atoms with Crippen molar-refractivity contribution in [3.05, 3.63) is 56.7 Å². The number of aromatic nitrogens is 2. The molecular formula is C14H16N4O3. The van der Waals surface area contributed by atoms with Crippen LogP contribution in [0.2, 0.25) is 0 Å². The maximum Gasteiger partial charge on any atom is 0.333 e. The van der Waals surface area contributed by atoms with E-state index in [1.54, 1.807) is 6.92 Å². The van der Waals surface area contributed by atoms with Gasteiger partial charge in [0, 0.05) is 14.1 Å². The Labute approximate surface area is 120 Å². The number of anilines is 1. The first-order valence-corrected chi connectivity index (χ1v) is 6.28. The fourth-order valence-electron chi connectivity index (χ4n) is 1.87. The predicted molar refractivity (Wildman–Crippen MR) is 80.9 cm³/mol. The van der Waals surface area contributed by atoms with E-state index in [1.807, 2.05) is 30.3 Å². The van der Waals surface area contributed by atoms with E-state index in [4.69, 9.17) is 0 Å². The van der Waals surface area contributed by atoms with Crippen LogP contribution in [0.15, 0.2) is 45.0 Å². The Balaban J connectivity index is 2.47. The van der Waals surface area contributed by atoms with Gasteiger partial charge >= 0.3 is 5.69 Å². The lowest BCUT2D eigenvalue weighted by atomic mass is 10.2. The van der Waals surface area contributed by atoms with E-state index in [1.165, 1.54) is 14.1 Å². The third-order valence-electron chi connectivity index (χ3n) is 3.12. The molecule has 0 saturated carbocycles. The third-order valence-corrected chi connectivity index (χ3v) is 3.12. The number of para-hydroxylation sites is 1. The molecule has 0 amide bonds. The van der Waals surface area contributed by atoms with Gasteiger partial charge in [-0.3, -0.25) is 19.4 Å². The average molecular weight is 288 g/mol. The molecule has 2 aromatic rings. The number of hydrogen-bond donors (Lipinski definition) is 2. The topological polar surface area (TPSA) is 88.6 Å². The summed E-state index contributed by atoms with van der Waals surface area (Å²) in [7, 11) is 2.74. The maximum absolute atomic E-state index is 12.1. The standard InChI is InChI=1S/C14H16N4O3/c1-9(15-16-10-7-5-4-6-8-10)11-12(19)17(2)14(21)18(3)13(11)20/h4-8,16,19H,1-3H3/b15-9+. The van der Waals surface area contributed by atoms with Gasteiger partial charge in [-0.05, 0) is 19.1 Å². The summed E-state index contributed by atoms with van der Waals surface area (Å²) in [5.74, 6) is -0.404. The number of hydrazone groups is 1. The summed E-state index contributed by atoms with van der Waals surface area (Å²) in [5.41, 5.74) is 2.63. The Kier molecular flexibility index (Phi) is 3.93. The van der Waals surface area contributed by atoms with Gasteiger partial charge in [0.25, 0.3) is 5.56 Å². The largest absolute Gasteiger partial charge is 0.494 e. The van der Waals surface area contributed by atoms with E-state index in [9.17, 15) is 14.7 Å². The van der Waals surface area contributed by atoms with Crippen molar-refractivity contribution in [1.82, 2.24) is 9.13 Å². The molecule has 0 spiro atoms. The SMILES string of the molecule is C/C(=N\Nc1ccccc1)c1c(O)n(C)c(=O)n(C)c1=O. The predicted octanol–water partition coefficient (Wildman–Crippen LogP) is 0.626. The van der Waals surface area contributed by atoms with Crippen molar-refractivity contribution in [3.8, 4) is 5.88 Å². The molecule has 1 heterocycles. The summed E-state index contributed by atoms with van der Waals surface area (Å²) >= 11 is 0. The summed E-state index contributed by atoms with van der Waals surface area (Å²) in [4.78, 5) is 23.8. The van der Waals surface area contributed by atoms with E-state index < -0.39 is 17.1 Å².